The average Bonchev–Trinajstić information content (AvgIpc) is 3.25. The van der Waals surface area contributed by atoms with Gasteiger partial charge in [-0.25, -0.2) is 9.78 Å². The summed E-state index contributed by atoms with van der Waals surface area (Å²) in [7, 11) is 4.06. The molecule has 1 atom stereocenters. The molecule has 0 radical (unpaired) electrons. The highest BCUT2D eigenvalue weighted by molar-refractivity contribution is 5.90. The molecule has 0 spiro atoms. The van der Waals surface area contributed by atoms with Crippen molar-refractivity contribution in [1.82, 2.24) is 24.5 Å². The lowest BCUT2D eigenvalue weighted by atomic mass is 10.1. The van der Waals surface area contributed by atoms with Crippen molar-refractivity contribution in [2.24, 2.45) is 7.05 Å². The summed E-state index contributed by atoms with van der Waals surface area (Å²) in [6.45, 7) is 3.97. The zero-order chi connectivity index (χ0) is 17.6. The Kier molecular flexibility index (Phi) is 3.99. The number of aryl methyl sites for hydroxylation is 2. The second-order valence-electron chi connectivity index (χ2n) is 7.05. The van der Waals surface area contributed by atoms with E-state index in [1.165, 1.54) is 0 Å². The molecule has 1 N–H and O–H groups in total. The number of hydrogen-bond donors (Lipinski definition) is 1. The monoisotopic (exact) mass is 344 g/mol. The van der Waals surface area contributed by atoms with Gasteiger partial charge < -0.3 is 19.3 Å². The first-order valence-electron chi connectivity index (χ1n) is 8.74. The van der Waals surface area contributed by atoms with Crippen LogP contribution in [0.15, 0.2) is 16.9 Å². The molecule has 134 valence electrons. The van der Waals surface area contributed by atoms with Gasteiger partial charge in [-0.1, -0.05) is 5.16 Å². The summed E-state index contributed by atoms with van der Waals surface area (Å²) in [5.74, 6) is 2.20. The predicted molar refractivity (Wildman–Crippen MR) is 92.4 cm³/mol. The molecule has 2 amide bonds. The molecule has 1 aliphatic heterocycles. The topological polar surface area (TPSA) is 79.4 Å². The fourth-order valence-electron chi connectivity index (χ4n) is 3.38. The van der Waals surface area contributed by atoms with Crippen LogP contribution in [0.1, 0.15) is 42.1 Å². The Bertz CT molecular complexity index is 778. The predicted octanol–water partition coefficient (Wildman–Crippen LogP) is 2.11. The number of rotatable bonds is 3. The van der Waals surface area contributed by atoms with Crippen molar-refractivity contribution in [3.8, 4) is 0 Å². The van der Waals surface area contributed by atoms with E-state index >= 15 is 0 Å². The summed E-state index contributed by atoms with van der Waals surface area (Å²) in [4.78, 5) is 21.4. The first-order valence-corrected chi connectivity index (χ1v) is 8.74. The fourth-order valence-corrected chi connectivity index (χ4v) is 3.38. The van der Waals surface area contributed by atoms with E-state index in [1.807, 2.05) is 29.6 Å². The molecular formula is C17H24N6O2. The molecule has 2 fully saturated rings. The summed E-state index contributed by atoms with van der Waals surface area (Å²) in [5.41, 5.74) is 1.49. The molecule has 4 rings (SSSR count). The van der Waals surface area contributed by atoms with E-state index in [2.05, 4.69) is 27.4 Å². The number of imidazole rings is 1. The van der Waals surface area contributed by atoms with Crippen molar-refractivity contribution in [1.29, 1.82) is 0 Å². The quantitative estimate of drug-likeness (QED) is 0.922. The van der Waals surface area contributed by atoms with Crippen molar-refractivity contribution in [3.05, 3.63) is 29.7 Å². The number of amides is 2. The van der Waals surface area contributed by atoms with Gasteiger partial charge in [0.2, 0.25) is 0 Å². The van der Waals surface area contributed by atoms with Crippen LogP contribution in [0.25, 0.3) is 0 Å². The standard InChI is InChI=1S/C17H24N6O2/c1-11-14(15(25-20-11)12-4-5-12)19-17(24)23-9-8-21(2)13(10-23)16-18-6-7-22(16)3/h6-7,12-13H,4-5,8-10H2,1-3H3,(H,19,24). The molecule has 2 aromatic rings. The van der Waals surface area contributed by atoms with E-state index in [9.17, 15) is 4.79 Å². The molecule has 3 heterocycles. The fraction of sp³-hybridized carbons (Fsp3) is 0.588. The van der Waals surface area contributed by atoms with Gasteiger partial charge in [-0.15, -0.1) is 0 Å². The number of carbonyl (C=O) groups is 1. The first kappa shape index (κ1) is 16.1. The van der Waals surface area contributed by atoms with Crippen LogP contribution in [0, 0.1) is 6.92 Å². The van der Waals surface area contributed by atoms with Gasteiger partial charge in [-0.2, -0.15) is 0 Å². The Morgan fingerprint density at radius 3 is 2.80 bits per heavy atom. The lowest BCUT2D eigenvalue weighted by Gasteiger charge is -2.38. The van der Waals surface area contributed by atoms with Gasteiger partial charge in [0.1, 0.15) is 17.2 Å². The van der Waals surface area contributed by atoms with Gasteiger partial charge in [0.05, 0.1) is 6.04 Å². The Morgan fingerprint density at radius 1 is 1.32 bits per heavy atom. The third-order valence-electron chi connectivity index (χ3n) is 5.16. The Morgan fingerprint density at radius 2 is 2.12 bits per heavy atom. The number of hydrogen-bond acceptors (Lipinski definition) is 5. The molecule has 1 saturated carbocycles. The van der Waals surface area contributed by atoms with Crippen molar-refractivity contribution in [3.63, 3.8) is 0 Å². The van der Waals surface area contributed by atoms with Gasteiger partial charge in [0.15, 0.2) is 5.76 Å². The molecule has 2 aromatic heterocycles. The molecule has 0 aromatic carbocycles. The summed E-state index contributed by atoms with van der Waals surface area (Å²) in [6.07, 6.45) is 5.94. The maximum atomic E-state index is 12.8. The molecule has 2 aliphatic rings. The highest BCUT2D eigenvalue weighted by Gasteiger charge is 2.34. The molecular weight excluding hydrogens is 320 g/mol. The zero-order valence-corrected chi connectivity index (χ0v) is 14.9. The highest BCUT2D eigenvalue weighted by atomic mass is 16.5. The van der Waals surface area contributed by atoms with Gasteiger partial charge in [0.25, 0.3) is 0 Å². The summed E-state index contributed by atoms with van der Waals surface area (Å²) >= 11 is 0. The minimum atomic E-state index is -0.0968. The Hall–Kier alpha value is -2.35. The number of piperazine rings is 1. The van der Waals surface area contributed by atoms with Crippen molar-refractivity contribution in [2.45, 2.75) is 31.7 Å². The minimum Gasteiger partial charge on any atom is -0.359 e. The highest BCUT2D eigenvalue weighted by Crippen LogP contribution is 2.44. The van der Waals surface area contributed by atoms with E-state index in [4.69, 9.17) is 4.52 Å². The smallest absolute Gasteiger partial charge is 0.322 e. The third-order valence-corrected chi connectivity index (χ3v) is 5.16. The summed E-state index contributed by atoms with van der Waals surface area (Å²) in [5, 5.41) is 7.06. The number of anilines is 1. The van der Waals surface area contributed by atoms with Crippen LogP contribution in [0.2, 0.25) is 0 Å². The average molecular weight is 344 g/mol. The second-order valence-corrected chi connectivity index (χ2v) is 7.05. The normalized spacial score (nSPS) is 21.6. The number of nitrogens with one attached hydrogen (secondary N) is 1. The number of aromatic nitrogens is 3. The summed E-state index contributed by atoms with van der Waals surface area (Å²) in [6, 6.07) is -0.00789. The molecule has 8 heteroatoms. The maximum absolute atomic E-state index is 12.8. The summed E-state index contributed by atoms with van der Waals surface area (Å²) < 4.78 is 7.43. The lowest BCUT2D eigenvalue weighted by molar-refractivity contribution is 0.110. The van der Waals surface area contributed by atoms with Crippen molar-refractivity contribution < 1.29 is 9.32 Å². The number of nitrogens with zero attached hydrogens (tertiary/aromatic N) is 5. The molecule has 1 aliphatic carbocycles. The second kappa shape index (κ2) is 6.18. The number of likely N-dealkylation sites (N-methyl/N-ethyl adjacent to an activating group) is 1. The van der Waals surface area contributed by atoms with Crippen LogP contribution in [-0.4, -0.2) is 57.2 Å². The van der Waals surface area contributed by atoms with Crippen LogP contribution >= 0.6 is 0 Å². The third kappa shape index (κ3) is 3.02. The maximum Gasteiger partial charge on any atom is 0.322 e. The van der Waals surface area contributed by atoms with E-state index in [0.717, 1.165) is 42.4 Å². The Labute approximate surface area is 146 Å². The molecule has 8 nitrogen and oxygen atoms in total. The van der Waals surface area contributed by atoms with E-state index in [0.29, 0.717) is 19.0 Å². The first-order chi connectivity index (χ1) is 12.0. The van der Waals surface area contributed by atoms with E-state index in [-0.39, 0.29) is 12.1 Å². The molecule has 1 unspecified atom stereocenters. The van der Waals surface area contributed by atoms with Crippen molar-refractivity contribution in [2.75, 3.05) is 32.0 Å². The van der Waals surface area contributed by atoms with Crippen LogP contribution in [0.5, 0.6) is 0 Å². The lowest BCUT2D eigenvalue weighted by Crippen LogP contribution is -2.50. The molecule has 25 heavy (non-hydrogen) atoms. The van der Waals surface area contributed by atoms with Crippen LogP contribution in [-0.2, 0) is 7.05 Å². The molecule has 0 bridgehead atoms. The van der Waals surface area contributed by atoms with Crippen LogP contribution in [0.4, 0.5) is 10.5 Å². The SMILES string of the molecule is Cc1noc(C2CC2)c1NC(=O)N1CCN(C)C(c2nccn2C)C1. The van der Waals surface area contributed by atoms with Gasteiger partial charge in [-0.3, -0.25) is 4.90 Å². The van der Waals surface area contributed by atoms with Gasteiger partial charge >= 0.3 is 6.03 Å². The van der Waals surface area contributed by atoms with Crippen LogP contribution in [0.3, 0.4) is 0 Å². The molecule has 1 saturated heterocycles. The zero-order valence-electron chi connectivity index (χ0n) is 14.9. The minimum absolute atomic E-state index is 0.0889. The van der Waals surface area contributed by atoms with Gasteiger partial charge in [0, 0.05) is 45.0 Å². The number of carbonyl (C=O) groups excluding carboxylic acids is 1. The van der Waals surface area contributed by atoms with E-state index < -0.39 is 0 Å². The number of urea groups is 1. The largest absolute Gasteiger partial charge is 0.359 e. The van der Waals surface area contributed by atoms with Gasteiger partial charge in [-0.05, 0) is 26.8 Å². The van der Waals surface area contributed by atoms with Crippen molar-refractivity contribution >= 4 is 11.7 Å². The Balaban J connectivity index is 1.49. The van der Waals surface area contributed by atoms with Crippen LogP contribution < -0.4 is 5.32 Å². The van der Waals surface area contributed by atoms with E-state index in [1.54, 1.807) is 6.20 Å².